The smallest absolute Gasteiger partial charge is 0.222 e. The highest BCUT2D eigenvalue weighted by molar-refractivity contribution is 5.75. The number of carbonyl (C=O) groups is 1. The molecule has 1 aliphatic heterocycles. The van der Waals surface area contributed by atoms with Crippen molar-refractivity contribution in [2.45, 2.75) is 38.8 Å². The number of hydrogen-bond donors (Lipinski definition) is 0. The third-order valence-corrected chi connectivity index (χ3v) is 5.92. The molecule has 0 aliphatic carbocycles. The summed E-state index contributed by atoms with van der Waals surface area (Å²) in [5, 5.41) is 0. The van der Waals surface area contributed by atoms with Crippen molar-refractivity contribution in [1.82, 2.24) is 4.90 Å². The predicted octanol–water partition coefficient (Wildman–Crippen LogP) is 5.48. The molecule has 1 atom stereocenters. The van der Waals surface area contributed by atoms with Crippen molar-refractivity contribution in [2.75, 3.05) is 13.7 Å². The van der Waals surface area contributed by atoms with Gasteiger partial charge in [0.1, 0.15) is 12.4 Å². The molecule has 1 amide bonds. The fourth-order valence-corrected chi connectivity index (χ4v) is 4.23. The molecular weight excluding hydrogens is 402 g/mol. The van der Waals surface area contributed by atoms with Crippen LogP contribution in [0.1, 0.15) is 47.9 Å². The van der Waals surface area contributed by atoms with Gasteiger partial charge in [0, 0.05) is 36.6 Å². The largest absolute Gasteiger partial charge is 0.496 e. The number of methoxy groups -OCH3 is 1. The molecule has 1 heterocycles. The van der Waals surface area contributed by atoms with Crippen LogP contribution in [-0.2, 0) is 22.8 Å². The molecule has 4 rings (SSSR count). The summed E-state index contributed by atoms with van der Waals surface area (Å²) in [5.41, 5.74) is 4.44. The van der Waals surface area contributed by atoms with E-state index < -0.39 is 0 Å². The van der Waals surface area contributed by atoms with Crippen LogP contribution < -0.4 is 9.62 Å². The molecular formula is C27H29NO4. The third-order valence-electron chi connectivity index (χ3n) is 5.92. The van der Waals surface area contributed by atoms with E-state index in [1.807, 2.05) is 54.3 Å². The second-order valence-corrected chi connectivity index (χ2v) is 7.95. The highest BCUT2D eigenvalue weighted by atomic mass is 17.2. The number of nitrogens with zero attached hydrogens (tertiary/aromatic N) is 1. The Kier molecular flexibility index (Phi) is 7.07. The van der Waals surface area contributed by atoms with Crippen molar-refractivity contribution in [2.24, 2.45) is 0 Å². The van der Waals surface area contributed by atoms with Crippen LogP contribution in [0.2, 0.25) is 0 Å². The first-order chi connectivity index (χ1) is 15.7. The Morgan fingerprint density at radius 1 is 1.06 bits per heavy atom. The van der Waals surface area contributed by atoms with E-state index in [0.29, 0.717) is 26.1 Å². The molecule has 1 unspecified atom stereocenters. The van der Waals surface area contributed by atoms with Crippen LogP contribution in [0.25, 0.3) is 0 Å². The average Bonchev–Trinajstić information content (AvgIpc) is 3.32. The van der Waals surface area contributed by atoms with Gasteiger partial charge >= 0.3 is 0 Å². The topological polar surface area (TPSA) is 48.0 Å². The maximum atomic E-state index is 12.7. The second kappa shape index (κ2) is 10.3. The van der Waals surface area contributed by atoms with Gasteiger partial charge in [-0.1, -0.05) is 61.5 Å². The molecule has 0 spiro atoms. The van der Waals surface area contributed by atoms with E-state index in [2.05, 4.69) is 30.3 Å². The Hall–Kier alpha value is -3.31. The average molecular weight is 432 g/mol. The predicted molar refractivity (Wildman–Crippen MR) is 123 cm³/mol. The summed E-state index contributed by atoms with van der Waals surface area (Å²) < 4.78 is 5.68. The maximum Gasteiger partial charge on any atom is 0.222 e. The number of rotatable bonds is 9. The zero-order valence-corrected chi connectivity index (χ0v) is 18.6. The molecule has 3 aromatic carbocycles. The molecule has 0 aromatic heterocycles. The molecule has 0 N–H and O–H groups in total. The quantitative estimate of drug-likeness (QED) is 0.421. The van der Waals surface area contributed by atoms with Crippen molar-refractivity contribution < 1.29 is 19.3 Å². The minimum Gasteiger partial charge on any atom is -0.496 e. The lowest BCUT2D eigenvalue weighted by Crippen LogP contribution is -2.31. The summed E-state index contributed by atoms with van der Waals surface area (Å²) in [5.74, 6) is 1.84. The van der Waals surface area contributed by atoms with E-state index in [0.717, 1.165) is 40.2 Å². The molecule has 32 heavy (non-hydrogen) atoms. The first-order valence-electron chi connectivity index (χ1n) is 11.1. The second-order valence-electron chi connectivity index (χ2n) is 7.95. The lowest BCUT2D eigenvalue weighted by molar-refractivity contribution is -0.194. The minimum absolute atomic E-state index is 0.0694. The highest BCUT2D eigenvalue weighted by Gasteiger charge is 2.23. The van der Waals surface area contributed by atoms with Crippen molar-refractivity contribution in [3.05, 3.63) is 95.1 Å². The van der Waals surface area contributed by atoms with Gasteiger partial charge in [-0.25, -0.2) is 0 Å². The molecule has 3 aromatic rings. The Morgan fingerprint density at radius 2 is 1.84 bits per heavy atom. The van der Waals surface area contributed by atoms with E-state index in [4.69, 9.17) is 14.5 Å². The normalized spacial score (nSPS) is 13.2. The fraction of sp³-hybridized carbons (Fsp3) is 0.296. The van der Waals surface area contributed by atoms with E-state index in [1.165, 1.54) is 0 Å². The lowest BCUT2D eigenvalue weighted by Gasteiger charge is -2.27. The molecule has 166 valence electrons. The van der Waals surface area contributed by atoms with Gasteiger partial charge < -0.3 is 14.5 Å². The number of fused-ring (bicyclic) bond motifs is 1. The van der Waals surface area contributed by atoms with E-state index >= 15 is 0 Å². The van der Waals surface area contributed by atoms with Gasteiger partial charge in [0.05, 0.1) is 7.11 Å². The fourth-order valence-electron chi connectivity index (χ4n) is 4.23. The standard InChI is InChI=1S/C27H29NO4/c1-3-27(29)28(18-20-9-5-4-6-10-20)16-15-23(24-11-7-8-12-26(24)30-2)21-13-14-25-22(17-21)19-31-32-25/h4-14,17,23H,3,15-16,18-19H2,1-2H3. The molecule has 0 saturated carbocycles. The summed E-state index contributed by atoms with van der Waals surface area (Å²) >= 11 is 0. The van der Waals surface area contributed by atoms with Gasteiger partial charge in [0.2, 0.25) is 5.91 Å². The van der Waals surface area contributed by atoms with Crippen LogP contribution in [0.4, 0.5) is 0 Å². The van der Waals surface area contributed by atoms with E-state index in [-0.39, 0.29) is 11.8 Å². The molecule has 0 bridgehead atoms. The number of carbonyl (C=O) groups excluding carboxylic acids is 1. The maximum absolute atomic E-state index is 12.7. The van der Waals surface area contributed by atoms with Crippen molar-refractivity contribution >= 4 is 5.91 Å². The van der Waals surface area contributed by atoms with Crippen LogP contribution in [0.5, 0.6) is 11.5 Å². The van der Waals surface area contributed by atoms with Gasteiger partial charge in [-0.05, 0) is 35.7 Å². The number of ether oxygens (including phenoxy) is 1. The third kappa shape index (κ3) is 4.94. The molecule has 5 nitrogen and oxygen atoms in total. The first kappa shape index (κ1) is 21.9. The van der Waals surface area contributed by atoms with Crippen LogP contribution in [0, 0.1) is 0 Å². The van der Waals surface area contributed by atoms with Crippen LogP contribution >= 0.6 is 0 Å². The zero-order chi connectivity index (χ0) is 22.3. The lowest BCUT2D eigenvalue weighted by atomic mass is 9.86. The van der Waals surface area contributed by atoms with Crippen LogP contribution in [0.3, 0.4) is 0 Å². The number of benzene rings is 3. The molecule has 1 aliphatic rings. The monoisotopic (exact) mass is 431 g/mol. The van der Waals surface area contributed by atoms with Crippen molar-refractivity contribution in [3.8, 4) is 11.5 Å². The molecule has 0 fully saturated rings. The van der Waals surface area contributed by atoms with Gasteiger partial charge in [0.15, 0.2) is 5.75 Å². The summed E-state index contributed by atoms with van der Waals surface area (Å²) in [6.07, 6.45) is 1.26. The number of para-hydroxylation sites is 1. The van der Waals surface area contributed by atoms with E-state index in [9.17, 15) is 4.79 Å². The zero-order valence-electron chi connectivity index (χ0n) is 18.6. The first-order valence-corrected chi connectivity index (χ1v) is 11.1. The Labute approximate surface area is 189 Å². The Bertz CT molecular complexity index is 1050. The summed E-state index contributed by atoms with van der Waals surface area (Å²) in [7, 11) is 1.70. The Balaban J connectivity index is 1.63. The minimum atomic E-state index is 0.0694. The number of hydrogen-bond acceptors (Lipinski definition) is 4. The van der Waals surface area contributed by atoms with Crippen LogP contribution in [-0.4, -0.2) is 24.5 Å². The molecule has 0 saturated heterocycles. The van der Waals surface area contributed by atoms with Crippen molar-refractivity contribution in [1.29, 1.82) is 0 Å². The van der Waals surface area contributed by atoms with Crippen molar-refractivity contribution in [3.63, 3.8) is 0 Å². The van der Waals surface area contributed by atoms with Gasteiger partial charge in [-0.2, -0.15) is 4.89 Å². The molecule has 0 radical (unpaired) electrons. The summed E-state index contributed by atoms with van der Waals surface area (Å²) in [6, 6.07) is 24.4. The van der Waals surface area contributed by atoms with Gasteiger partial charge in [0.25, 0.3) is 0 Å². The summed E-state index contributed by atoms with van der Waals surface area (Å²) in [6.45, 7) is 3.61. The number of amides is 1. The highest BCUT2D eigenvalue weighted by Crippen LogP contribution is 2.37. The SMILES string of the molecule is CCC(=O)N(CCC(c1ccc2c(c1)COO2)c1ccccc1OC)Cc1ccccc1. The Morgan fingerprint density at radius 3 is 2.62 bits per heavy atom. The van der Waals surface area contributed by atoms with Gasteiger partial charge in [-0.3, -0.25) is 4.79 Å². The summed E-state index contributed by atoms with van der Waals surface area (Å²) in [4.78, 5) is 25.1. The van der Waals surface area contributed by atoms with Crippen LogP contribution in [0.15, 0.2) is 72.8 Å². The van der Waals surface area contributed by atoms with E-state index in [1.54, 1.807) is 7.11 Å². The molecule has 5 heteroatoms. The van der Waals surface area contributed by atoms with Gasteiger partial charge in [-0.15, -0.1) is 0 Å².